The minimum atomic E-state index is 0.553. The summed E-state index contributed by atoms with van der Waals surface area (Å²) in [6, 6.07) is 11.2. The van der Waals surface area contributed by atoms with Gasteiger partial charge in [-0.05, 0) is 31.4 Å². The Balaban J connectivity index is 2.52. The fourth-order valence-electron chi connectivity index (χ4n) is 1.59. The van der Waals surface area contributed by atoms with Crippen LogP contribution in [-0.2, 0) is 0 Å². The maximum Gasteiger partial charge on any atom is 0.0105 e. The van der Waals surface area contributed by atoms with E-state index in [0.29, 0.717) is 12.0 Å². The Morgan fingerprint density at radius 2 is 1.79 bits per heavy atom. The summed E-state index contributed by atoms with van der Waals surface area (Å²) >= 11 is 0. The second-order valence-corrected chi connectivity index (χ2v) is 3.94. The zero-order valence-electron chi connectivity index (χ0n) is 9.46. The fourth-order valence-corrected chi connectivity index (χ4v) is 1.59. The van der Waals surface area contributed by atoms with Crippen LogP contribution in [0.15, 0.2) is 30.3 Å². The molecular formula is C13H21N. The molecule has 1 rings (SSSR count). The predicted molar refractivity (Wildman–Crippen MR) is 62.6 cm³/mol. The molecule has 1 heteroatoms. The molecule has 0 bridgehead atoms. The Kier molecular flexibility index (Phi) is 4.68. The summed E-state index contributed by atoms with van der Waals surface area (Å²) in [4.78, 5) is 0. The lowest BCUT2D eigenvalue weighted by molar-refractivity contribution is 0.481. The first kappa shape index (κ1) is 11.3. The molecule has 1 aromatic rings. The minimum absolute atomic E-state index is 0.553. The molecule has 1 N–H and O–H groups in total. The van der Waals surface area contributed by atoms with Crippen LogP contribution in [-0.4, -0.2) is 12.6 Å². The normalized spacial score (nSPS) is 15.1. The van der Waals surface area contributed by atoms with Crippen molar-refractivity contribution < 1.29 is 0 Å². The first-order valence-electron chi connectivity index (χ1n) is 5.54. The molecule has 0 radical (unpaired) electrons. The van der Waals surface area contributed by atoms with Gasteiger partial charge in [-0.15, -0.1) is 0 Å². The monoisotopic (exact) mass is 191 g/mol. The van der Waals surface area contributed by atoms with Gasteiger partial charge in [-0.25, -0.2) is 0 Å². The summed E-state index contributed by atoms with van der Waals surface area (Å²) in [5, 5.41) is 3.53. The molecule has 1 nitrogen and oxygen atoms in total. The third-order valence-electron chi connectivity index (χ3n) is 2.79. The van der Waals surface area contributed by atoms with E-state index in [-0.39, 0.29) is 0 Å². The maximum absolute atomic E-state index is 3.53. The van der Waals surface area contributed by atoms with Crippen molar-refractivity contribution >= 4 is 0 Å². The Morgan fingerprint density at radius 3 is 2.36 bits per heavy atom. The van der Waals surface area contributed by atoms with Gasteiger partial charge < -0.3 is 5.32 Å². The molecule has 2 unspecified atom stereocenters. The van der Waals surface area contributed by atoms with E-state index in [0.717, 1.165) is 6.54 Å². The van der Waals surface area contributed by atoms with Gasteiger partial charge in [0.25, 0.3) is 0 Å². The van der Waals surface area contributed by atoms with Crippen LogP contribution >= 0.6 is 0 Å². The Morgan fingerprint density at radius 1 is 1.14 bits per heavy atom. The Bertz CT molecular complexity index is 243. The average molecular weight is 191 g/mol. The average Bonchev–Trinajstić information content (AvgIpc) is 2.26. The van der Waals surface area contributed by atoms with Gasteiger partial charge >= 0.3 is 0 Å². The van der Waals surface area contributed by atoms with Crippen LogP contribution in [0.25, 0.3) is 0 Å². The van der Waals surface area contributed by atoms with Crippen molar-refractivity contribution in [2.24, 2.45) is 0 Å². The highest BCUT2D eigenvalue weighted by atomic mass is 14.9. The molecule has 1 aromatic carbocycles. The van der Waals surface area contributed by atoms with Crippen LogP contribution in [0.2, 0.25) is 0 Å². The molecule has 0 aliphatic heterocycles. The third kappa shape index (κ3) is 3.15. The Hall–Kier alpha value is -0.820. The Labute approximate surface area is 87.5 Å². The molecule has 0 aliphatic rings. The van der Waals surface area contributed by atoms with Crippen molar-refractivity contribution in [1.82, 2.24) is 5.32 Å². The van der Waals surface area contributed by atoms with Crippen LogP contribution in [0.4, 0.5) is 0 Å². The predicted octanol–water partition coefficient (Wildman–Crippen LogP) is 3.18. The van der Waals surface area contributed by atoms with Gasteiger partial charge in [0.2, 0.25) is 0 Å². The molecule has 2 atom stereocenters. The molecular weight excluding hydrogens is 170 g/mol. The first-order valence-corrected chi connectivity index (χ1v) is 5.54. The lowest BCUT2D eigenvalue weighted by Crippen LogP contribution is -2.31. The number of nitrogens with one attached hydrogen (secondary N) is 1. The van der Waals surface area contributed by atoms with E-state index in [1.54, 1.807) is 0 Å². The SMILES string of the molecule is CCCNC(C)C(C)c1ccccc1. The summed E-state index contributed by atoms with van der Waals surface area (Å²) in [7, 11) is 0. The zero-order valence-corrected chi connectivity index (χ0v) is 9.46. The van der Waals surface area contributed by atoms with Crippen molar-refractivity contribution in [3.63, 3.8) is 0 Å². The molecule has 0 aromatic heterocycles. The number of hydrogen-bond donors (Lipinski definition) is 1. The largest absolute Gasteiger partial charge is 0.314 e. The lowest BCUT2D eigenvalue weighted by Gasteiger charge is -2.21. The summed E-state index contributed by atoms with van der Waals surface area (Å²) in [5.74, 6) is 0.586. The zero-order chi connectivity index (χ0) is 10.4. The second kappa shape index (κ2) is 5.82. The van der Waals surface area contributed by atoms with Gasteiger partial charge in [0.1, 0.15) is 0 Å². The van der Waals surface area contributed by atoms with Crippen LogP contribution in [0.1, 0.15) is 38.7 Å². The number of rotatable bonds is 5. The van der Waals surface area contributed by atoms with Crippen molar-refractivity contribution in [3.8, 4) is 0 Å². The highest BCUT2D eigenvalue weighted by molar-refractivity contribution is 5.20. The van der Waals surface area contributed by atoms with Crippen LogP contribution < -0.4 is 5.32 Å². The molecule has 0 saturated carbocycles. The van der Waals surface area contributed by atoms with Gasteiger partial charge in [0.15, 0.2) is 0 Å². The molecule has 0 heterocycles. The topological polar surface area (TPSA) is 12.0 Å². The second-order valence-electron chi connectivity index (χ2n) is 3.94. The van der Waals surface area contributed by atoms with E-state index >= 15 is 0 Å². The van der Waals surface area contributed by atoms with Gasteiger partial charge in [0.05, 0.1) is 0 Å². The van der Waals surface area contributed by atoms with Crippen LogP contribution in [0.5, 0.6) is 0 Å². The van der Waals surface area contributed by atoms with Crippen molar-refractivity contribution in [3.05, 3.63) is 35.9 Å². The summed E-state index contributed by atoms with van der Waals surface area (Å²) in [6.07, 6.45) is 1.20. The standard InChI is InChI=1S/C13H21N/c1-4-10-14-12(3)11(2)13-8-6-5-7-9-13/h5-9,11-12,14H,4,10H2,1-3H3. The van der Waals surface area contributed by atoms with Crippen molar-refractivity contribution in [2.75, 3.05) is 6.54 Å². The van der Waals surface area contributed by atoms with E-state index in [4.69, 9.17) is 0 Å². The third-order valence-corrected chi connectivity index (χ3v) is 2.79. The van der Waals surface area contributed by atoms with Gasteiger partial charge in [0, 0.05) is 6.04 Å². The summed E-state index contributed by atoms with van der Waals surface area (Å²) in [5.41, 5.74) is 1.42. The van der Waals surface area contributed by atoms with E-state index < -0.39 is 0 Å². The van der Waals surface area contributed by atoms with Gasteiger partial charge in [-0.1, -0.05) is 44.2 Å². The van der Waals surface area contributed by atoms with Crippen LogP contribution in [0.3, 0.4) is 0 Å². The van der Waals surface area contributed by atoms with E-state index in [1.165, 1.54) is 12.0 Å². The van der Waals surface area contributed by atoms with E-state index in [2.05, 4.69) is 56.4 Å². The molecule has 0 spiro atoms. The van der Waals surface area contributed by atoms with Gasteiger partial charge in [-0.2, -0.15) is 0 Å². The molecule has 0 saturated heterocycles. The fraction of sp³-hybridized carbons (Fsp3) is 0.538. The highest BCUT2D eigenvalue weighted by Gasteiger charge is 2.12. The smallest absolute Gasteiger partial charge is 0.0105 e. The molecule has 0 amide bonds. The molecule has 78 valence electrons. The van der Waals surface area contributed by atoms with Crippen molar-refractivity contribution in [2.45, 2.75) is 39.2 Å². The number of hydrogen-bond acceptors (Lipinski definition) is 1. The molecule has 0 fully saturated rings. The quantitative estimate of drug-likeness (QED) is 0.753. The summed E-state index contributed by atoms with van der Waals surface area (Å²) < 4.78 is 0. The van der Waals surface area contributed by atoms with E-state index in [9.17, 15) is 0 Å². The minimum Gasteiger partial charge on any atom is -0.314 e. The molecule has 14 heavy (non-hydrogen) atoms. The van der Waals surface area contributed by atoms with Crippen molar-refractivity contribution in [1.29, 1.82) is 0 Å². The molecule has 0 aliphatic carbocycles. The first-order chi connectivity index (χ1) is 6.75. The number of benzene rings is 1. The highest BCUT2D eigenvalue weighted by Crippen LogP contribution is 2.18. The van der Waals surface area contributed by atoms with Crippen LogP contribution in [0, 0.1) is 0 Å². The van der Waals surface area contributed by atoms with Gasteiger partial charge in [-0.3, -0.25) is 0 Å². The van der Waals surface area contributed by atoms with E-state index in [1.807, 2.05) is 0 Å². The lowest BCUT2D eigenvalue weighted by atomic mass is 9.94. The maximum atomic E-state index is 3.53. The summed E-state index contributed by atoms with van der Waals surface area (Å²) in [6.45, 7) is 7.85.